The number of hydrogen-bond donors (Lipinski definition) is 1. The molecule has 0 unspecified atom stereocenters. The molecular formula is C14H14N2O3S. The largest absolute Gasteiger partial charge is 0.462 e. The van der Waals surface area contributed by atoms with Gasteiger partial charge >= 0.3 is 5.97 Å². The highest BCUT2D eigenvalue weighted by Crippen LogP contribution is 2.18. The van der Waals surface area contributed by atoms with Gasteiger partial charge < -0.3 is 9.72 Å². The molecule has 5 nitrogen and oxygen atoms in total. The standard InChI is InChI=1S/C14H14N2O3S/c1-4-19-13(18)9-5-6-10-11(7-9)16(14(20)15-10)12(17)8(2)3/h5-7H,2,4H2,1,3H3,(H,15,20). The van der Waals surface area contributed by atoms with Crippen LogP contribution in [-0.2, 0) is 4.74 Å². The SMILES string of the molecule is C=C(C)C(=O)n1c(=S)[nH]c2ccc(C(=O)OCC)cc21. The lowest BCUT2D eigenvalue weighted by molar-refractivity contribution is 0.0526. The highest BCUT2D eigenvalue weighted by molar-refractivity contribution is 7.71. The van der Waals surface area contributed by atoms with Crippen LogP contribution in [0, 0.1) is 4.77 Å². The number of hydrogen-bond acceptors (Lipinski definition) is 4. The summed E-state index contributed by atoms with van der Waals surface area (Å²) in [7, 11) is 0. The first-order chi connectivity index (χ1) is 9.45. The number of carbonyl (C=O) groups is 2. The second-order valence-electron chi connectivity index (χ2n) is 4.30. The summed E-state index contributed by atoms with van der Waals surface area (Å²) in [6.45, 7) is 7.26. The first-order valence-corrected chi connectivity index (χ1v) is 6.48. The number of carbonyl (C=O) groups excluding carboxylic acids is 2. The third-order valence-corrected chi connectivity index (χ3v) is 3.05. The molecule has 0 bridgehead atoms. The molecule has 20 heavy (non-hydrogen) atoms. The number of ether oxygens (including phenoxy) is 1. The number of aromatic nitrogens is 2. The van der Waals surface area contributed by atoms with Gasteiger partial charge in [-0.15, -0.1) is 0 Å². The lowest BCUT2D eigenvalue weighted by Crippen LogP contribution is -2.11. The van der Waals surface area contributed by atoms with Crippen LogP contribution in [0.25, 0.3) is 11.0 Å². The van der Waals surface area contributed by atoms with E-state index in [1.165, 1.54) is 4.57 Å². The number of aromatic amines is 1. The Kier molecular flexibility index (Phi) is 3.85. The number of nitrogens with zero attached hydrogens (tertiary/aromatic N) is 1. The van der Waals surface area contributed by atoms with Gasteiger partial charge in [0.25, 0.3) is 5.91 Å². The van der Waals surface area contributed by atoms with Gasteiger partial charge in [-0.05, 0) is 44.3 Å². The Morgan fingerprint density at radius 2 is 2.15 bits per heavy atom. The Balaban J connectivity index is 2.64. The lowest BCUT2D eigenvalue weighted by atomic mass is 10.2. The number of esters is 1. The smallest absolute Gasteiger partial charge is 0.338 e. The van der Waals surface area contributed by atoms with Crippen molar-refractivity contribution in [3.05, 3.63) is 40.7 Å². The quantitative estimate of drug-likeness (QED) is 0.536. The van der Waals surface area contributed by atoms with E-state index in [0.29, 0.717) is 28.8 Å². The minimum atomic E-state index is -0.434. The van der Waals surface area contributed by atoms with E-state index in [1.807, 2.05) is 0 Å². The van der Waals surface area contributed by atoms with Crippen molar-refractivity contribution >= 4 is 35.1 Å². The maximum atomic E-state index is 12.1. The van der Waals surface area contributed by atoms with Crippen LogP contribution in [0.5, 0.6) is 0 Å². The second kappa shape index (κ2) is 5.42. The van der Waals surface area contributed by atoms with E-state index in [0.717, 1.165) is 0 Å². The Morgan fingerprint density at radius 3 is 2.75 bits per heavy atom. The van der Waals surface area contributed by atoms with E-state index in [4.69, 9.17) is 17.0 Å². The van der Waals surface area contributed by atoms with Crippen LogP contribution in [0.2, 0.25) is 0 Å². The molecule has 0 aliphatic carbocycles. The van der Waals surface area contributed by atoms with Crippen LogP contribution >= 0.6 is 12.2 Å². The zero-order valence-electron chi connectivity index (χ0n) is 11.2. The maximum absolute atomic E-state index is 12.1. The molecule has 1 N–H and O–H groups in total. The van der Waals surface area contributed by atoms with Crippen LogP contribution in [0.3, 0.4) is 0 Å². The van der Waals surface area contributed by atoms with Crippen molar-refractivity contribution in [2.45, 2.75) is 13.8 Å². The number of rotatable bonds is 3. The van der Waals surface area contributed by atoms with Crippen LogP contribution in [0.1, 0.15) is 29.0 Å². The number of benzene rings is 1. The van der Waals surface area contributed by atoms with Gasteiger partial charge in [-0.25, -0.2) is 4.79 Å². The molecule has 0 saturated heterocycles. The summed E-state index contributed by atoms with van der Waals surface area (Å²) < 4.78 is 6.55. The molecule has 0 aliphatic heterocycles. The average molecular weight is 290 g/mol. The molecule has 1 aromatic heterocycles. The van der Waals surface area contributed by atoms with Crippen molar-refractivity contribution in [2.75, 3.05) is 6.61 Å². The third-order valence-electron chi connectivity index (χ3n) is 2.76. The fourth-order valence-corrected chi connectivity index (χ4v) is 2.13. The van der Waals surface area contributed by atoms with Gasteiger partial charge in [0, 0.05) is 5.57 Å². The summed E-state index contributed by atoms with van der Waals surface area (Å²) in [5.74, 6) is -0.738. The number of fused-ring (bicyclic) bond motifs is 1. The van der Waals surface area contributed by atoms with E-state index in [1.54, 1.807) is 32.0 Å². The number of nitrogens with one attached hydrogen (secondary N) is 1. The Labute approximate surface area is 120 Å². The van der Waals surface area contributed by atoms with Gasteiger partial charge in [-0.1, -0.05) is 6.58 Å². The minimum Gasteiger partial charge on any atom is -0.462 e. The topological polar surface area (TPSA) is 64.1 Å². The normalized spacial score (nSPS) is 10.5. The summed E-state index contributed by atoms with van der Waals surface area (Å²) in [6.07, 6.45) is 0. The van der Waals surface area contributed by atoms with E-state index < -0.39 is 5.97 Å². The molecule has 0 atom stereocenters. The van der Waals surface area contributed by atoms with E-state index >= 15 is 0 Å². The Morgan fingerprint density at radius 1 is 1.45 bits per heavy atom. The highest BCUT2D eigenvalue weighted by Gasteiger charge is 2.15. The summed E-state index contributed by atoms with van der Waals surface area (Å²) in [6, 6.07) is 4.90. The molecular weight excluding hydrogens is 276 g/mol. The van der Waals surface area contributed by atoms with Crippen LogP contribution in [0.4, 0.5) is 0 Å². The fourth-order valence-electron chi connectivity index (χ4n) is 1.84. The van der Waals surface area contributed by atoms with Gasteiger partial charge in [0.15, 0.2) is 4.77 Å². The van der Waals surface area contributed by atoms with E-state index in [2.05, 4.69) is 11.6 Å². The van der Waals surface area contributed by atoms with E-state index in [-0.39, 0.29) is 10.7 Å². The number of H-pyrrole nitrogens is 1. The first kappa shape index (κ1) is 14.2. The van der Waals surface area contributed by atoms with Crippen molar-refractivity contribution in [2.24, 2.45) is 0 Å². The molecule has 0 spiro atoms. The molecule has 1 heterocycles. The summed E-state index contributed by atoms with van der Waals surface area (Å²) in [5, 5.41) is 0. The van der Waals surface area contributed by atoms with Gasteiger partial charge in [0.2, 0.25) is 0 Å². The van der Waals surface area contributed by atoms with Crippen LogP contribution in [0.15, 0.2) is 30.4 Å². The molecule has 104 valence electrons. The molecule has 2 rings (SSSR count). The van der Waals surface area contributed by atoms with Crippen LogP contribution < -0.4 is 0 Å². The number of allylic oxidation sites excluding steroid dienone is 1. The molecule has 0 saturated carbocycles. The molecule has 6 heteroatoms. The molecule has 0 aliphatic rings. The zero-order valence-corrected chi connectivity index (χ0v) is 12.0. The Hall–Kier alpha value is -2.21. The van der Waals surface area contributed by atoms with Crippen molar-refractivity contribution < 1.29 is 14.3 Å². The summed E-state index contributed by atoms with van der Waals surface area (Å²) in [4.78, 5) is 26.8. The van der Waals surface area contributed by atoms with Gasteiger partial charge in [-0.2, -0.15) is 0 Å². The minimum absolute atomic E-state index is 0.272. The monoisotopic (exact) mass is 290 g/mol. The van der Waals surface area contributed by atoms with Crippen molar-refractivity contribution in [1.29, 1.82) is 0 Å². The fraction of sp³-hybridized carbons (Fsp3) is 0.214. The van der Waals surface area contributed by atoms with E-state index in [9.17, 15) is 9.59 Å². The molecule has 0 radical (unpaired) electrons. The third kappa shape index (κ3) is 2.42. The summed E-state index contributed by atoms with van der Waals surface area (Å²) in [5.41, 5.74) is 1.95. The molecule has 0 amide bonds. The predicted molar refractivity (Wildman–Crippen MR) is 78.5 cm³/mol. The van der Waals surface area contributed by atoms with Gasteiger partial charge in [0.1, 0.15) is 0 Å². The average Bonchev–Trinajstić information content (AvgIpc) is 2.72. The summed E-state index contributed by atoms with van der Waals surface area (Å²) >= 11 is 5.14. The first-order valence-electron chi connectivity index (χ1n) is 6.07. The second-order valence-corrected chi connectivity index (χ2v) is 4.69. The van der Waals surface area contributed by atoms with Crippen molar-refractivity contribution in [3.8, 4) is 0 Å². The maximum Gasteiger partial charge on any atom is 0.338 e. The van der Waals surface area contributed by atoms with Gasteiger partial charge in [-0.3, -0.25) is 9.36 Å². The predicted octanol–water partition coefficient (Wildman–Crippen LogP) is 3.09. The zero-order chi connectivity index (χ0) is 14.9. The lowest BCUT2D eigenvalue weighted by Gasteiger charge is -2.04. The van der Waals surface area contributed by atoms with Crippen molar-refractivity contribution in [1.82, 2.24) is 9.55 Å². The molecule has 1 aromatic carbocycles. The van der Waals surface area contributed by atoms with Crippen molar-refractivity contribution in [3.63, 3.8) is 0 Å². The van der Waals surface area contributed by atoms with Gasteiger partial charge in [0.05, 0.1) is 23.2 Å². The Bertz CT molecular complexity index is 770. The molecule has 2 aromatic rings. The molecule has 0 fully saturated rings. The highest BCUT2D eigenvalue weighted by atomic mass is 32.1. The number of imidazole rings is 1. The van der Waals surface area contributed by atoms with Crippen LogP contribution in [-0.4, -0.2) is 28.0 Å².